The van der Waals surface area contributed by atoms with Crippen molar-refractivity contribution in [2.24, 2.45) is 7.05 Å². The van der Waals surface area contributed by atoms with Crippen LogP contribution in [-0.4, -0.2) is 14.5 Å². The standard InChI is InChI=1S/C11H13N3/c1-8-11(13-9(2)14(8)3)10-5-4-6-12-7-10/h4-7H,1-3H3. The molecule has 14 heavy (non-hydrogen) atoms. The van der Waals surface area contributed by atoms with Gasteiger partial charge in [-0.05, 0) is 26.0 Å². The Hall–Kier alpha value is -1.64. The Labute approximate surface area is 83.4 Å². The Morgan fingerprint density at radius 1 is 1.29 bits per heavy atom. The van der Waals surface area contributed by atoms with Gasteiger partial charge < -0.3 is 4.57 Å². The van der Waals surface area contributed by atoms with Gasteiger partial charge in [0.1, 0.15) is 5.82 Å². The highest BCUT2D eigenvalue weighted by Gasteiger charge is 2.09. The lowest BCUT2D eigenvalue weighted by Gasteiger charge is -1.99. The first kappa shape index (κ1) is 8.94. The van der Waals surface area contributed by atoms with Crippen molar-refractivity contribution in [3.8, 4) is 11.3 Å². The highest BCUT2D eigenvalue weighted by atomic mass is 15.1. The summed E-state index contributed by atoms with van der Waals surface area (Å²) in [7, 11) is 2.03. The third-order valence-electron chi connectivity index (χ3n) is 2.54. The molecule has 0 aliphatic rings. The Balaban J connectivity index is 2.58. The molecule has 0 atom stereocenters. The van der Waals surface area contributed by atoms with Crippen LogP contribution in [0.5, 0.6) is 0 Å². The molecule has 0 fully saturated rings. The first-order valence-corrected chi connectivity index (χ1v) is 4.60. The van der Waals surface area contributed by atoms with Crippen molar-refractivity contribution in [3.63, 3.8) is 0 Å². The normalized spacial score (nSPS) is 10.5. The first-order chi connectivity index (χ1) is 6.70. The number of aromatic nitrogens is 3. The number of aryl methyl sites for hydroxylation is 1. The Kier molecular flexibility index (Phi) is 2.08. The molecule has 0 spiro atoms. The summed E-state index contributed by atoms with van der Waals surface area (Å²) in [5.74, 6) is 1.03. The van der Waals surface area contributed by atoms with E-state index in [2.05, 4.69) is 21.5 Å². The third-order valence-corrected chi connectivity index (χ3v) is 2.54. The van der Waals surface area contributed by atoms with E-state index in [0.29, 0.717) is 0 Å². The van der Waals surface area contributed by atoms with E-state index in [4.69, 9.17) is 0 Å². The van der Waals surface area contributed by atoms with Gasteiger partial charge in [-0.1, -0.05) is 0 Å². The van der Waals surface area contributed by atoms with E-state index in [-0.39, 0.29) is 0 Å². The number of imidazole rings is 1. The van der Waals surface area contributed by atoms with Gasteiger partial charge in [0.2, 0.25) is 0 Å². The zero-order valence-electron chi connectivity index (χ0n) is 8.65. The molecule has 0 saturated carbocycles. The minimum Gasteiger partial charge on any atom is -0.335 e. The number of rotatable bonds is 1. The fourth-order valence-electron chi connectivity index (χ4n) is 1.50. The summed E-state index contributed by atoms with van der Waals surface area (Å²) in [5, 5.41) is 0. The third kappa shape index (κ3) is 1.31. The second kappa shape index (κ2) is 3.25. The summed E-state index contributed by atoms with van der Waals surface area (Å²) in [6, 6.07) is 3.96. The molecule has 0 saturated heterocycles. The smallest absolute Gasteiger partial charge is 0.106 e. The van der Waals surface area contributed by atoms with Gasteiger partial charge in [0.05, 0.1) is 5.69 Å². The fraction of sp³-hybridized carbons (Fsp3) is 0.273. The minimum atomic E-state index is 1.03. The van der Waals surface area contributed by atoms with Gasteiger partial charge >= 0.3 is 0 Å². The van der Waals surface area contributed by atoms with E-state index in [9.17, 15) is 0 Å². The first-order valence-electron chi connectivity index (χ1n) is 4.60. The van der Waals surface area contributed by atoms with Crippen molar-refractivity contribution in [1.82, 2.24) is 14.5 Å². The molecule has 0 aromatic carbocycles. The molecule has 0 bridgehead atoms. The Morgan fingerprint density at radius 2 is 2.07 bits per heavy atom. The van der Waals surface area contributed by atoms with E-state index in [1.165, 1.54) is 5.69 Å². The van der Waals surface area contributed by atoms with Crippen LogP contribution in [0.3, 0.4) is 0 Å². The molecule has 2 heterocycles. The van der Waals surface area contributed by atoms with Gasteiger partial charge in [-0.2, -0.15) is 0 Å². The van der Waals surface area contributed by atoms with Crippen LogP contribution < -0.4 is 0 Å². The van der Waals surface area contributed by atoms with Crippen LogP contribution in [0.1, 0.15) is 11.5 Å². The summed E-state index contributed by atoms with van der Waals surface area (Å²) in [6.45, 7) is 4.08. The molecule has 2 aromatic heterocycles. The molecule has 3 heteroatoms. The van der Waals surface area contributed by atoms with Crippen molar-refractivity contribution in [2.75, 3.05) is 0 Å². The van der Waals surface area contributed by atoms with Crippen LogP contribution >= 0.6 is 0 Å². The predicted octanol–water partition coefficient (Wildman–Crippen LogP) is 2.10. The molecule has 0 unspecified atom stereocenters. The van der Waals surface area contributed by atoms with Gasteiger partial charge in [-0.15, -0.1) is 0 Å². The summed E-state index contributed by atoms with van der Waals surface area (Å²) in [4.78, 5) is 8.59. The van der Waals surface area contributed by atoms with Crippen molar-refractivity contribution in [3.05, 3.63) is 36.0 Å². The molecule has 0 N–H and O–H groups in total. The van der Waals surface area contributed by atoms with E-state index in [1.54, 1.807) is 6.20 Å². The van der Waals surface area contributed by atoms with Crippen LogP contribution in [0.2, 0.25) is 0 Å². The summed E-state index contributed by atoms with van der Waals surface area (Å²) < 4.78 is 2.09. The van der Waals surface area contributed by atoms with E-state index < -0.39 is 0 Å². The molecular weight excluding hydrogens is 174 g/mol. The zero-order valence-corrected chi connectivity index (χ0v) is 8.65. The van der Waals surface area contributed by atoms with Crippen LogP contribution in [0.15, 0.2) is 24.5 Å². The fourth-order valence-corrected chi connectivity index (χ4v) is 1.50. The van der Waals surface area contributed by atoms with Crippen molar-refractivity contribution in [1.29, 1.82) is 0 Å². The SMILES string of the molecule is Cc1nc(-c2cccnc2)c(C)n1C. The quantitative estimate of drug-likeness (QED) is 0.684. The highest BCUT2D eigenvalue weighted by Crippen LogP contribution is 2.21. The van der Waals surface area contributed by atoms with Gasteiger partial charge in [-0.3, -0.25) is 4.98 Å². The summed E-state index contributed by atoms with van der Waals surface area (Å²) >= 11 is 0. The molecule has 0 aliphatic carbocycles. The average Bonchev–Trinajstić information content (AvgIpc) is 2.47. The lowest BCUT2D eigenvalue weighted by molar-refractivity contribution is 0.827. The second-order valence-corrected chi connectivity index (χ2v) is 3.39. The van der Waals surface area contributed by atoms with Crippen molar-refractivity contribution >= 4 is 0 Å². The van der Waals surface area contributed by atoms with Crippen LogP contribution in [0, 0.1) is 13.8 Å². The van der Waals surface area contributed by atoms with Crippen molar-refractivity contribution in [2.45, 2.75) is 13.8 Å². The van der Waals surface area contributed by atoms with Gasteiger partial charge in [-0.25, -0.2) is 4.98 Å². The van der Waals surface area contributed by atoms with E-state index in [0.717, 1.165) is 17.1 Å². The Bertz CT molecular complexity index is 443. The zero-order chi connectivity index (χ0) is 10.1. The van der Waals surface area contributed by atoms with Gasteiger partial charge in [0.15, 0.2) is 0 Å². The van der Waals surface area contributed by atoms with Crippen LogP contribution in [-0.2, 0) is 7.05 Å². The summed E-state index contributed by atoms with van der Waals surface area (Å²) in [6.07, 6.45) is 3.61. The lowest BCUT2D eigenvalue weighted by atomic mass is 10.2. The largest absolute Gasteiger partial charge is 0.335 e. The molecule has 0 radical (unpaired) electrons. The lowest BCUT2D eigenvalue weighted by Crippen LogP contribution is -1.93. The number of nitrogens with zero attached hydrogens (tertiary/aromatic N) is 3. The minimum absolute atomic E-state index is 1.03. The Morgan fingerprint density at radius 3 is 2.57 bits per heavy atom. The van der Waals surface area contributed by atoms with E-state index >= 15 is 0 Å². The van der Waals surface area contributed by atoms with Gasteiger partial charge in [0, 0.05) is 30.7 Å². The molecule has 2 rings (SSSR count). The maximum Gasteiger partial charge on any atom is 0.106 e. The number of hydrogen-bond donors (Lipinski definition) is 0. The molecular formula is C11H13N3. The van der Waals surface area contributed by atoms with Gasteiger partial charge in [0.25, 0.3) is 0 Å². The topological polar surface area (TPSA) is 30.7 Å². The maximum atomic E-state index is 4.50. The average molecular weight is 187 g/mol. The van der Waals surface area contributed by atoms with E-state index in [1.807, 2.05) is 32.3 Å². The second-order valence-electron chi connectivity index (χ2n) is 3.39. The molecule has 2 aromatic rings. The maximum absolute atomic E-state index is 4.50. The molecule has 0 amide bonds. The van der Waals surface area contributed by atoms with Crippen molar-refractivity contribution < 1.29 is 0 Å². The number of hydrogen-bond acceptors (Lipinski definition) is 2. The molecule has 0 aliphatic heterocycles. The molecule has 3 nitrogen and oxygen atoms in total. The molecule has 72 valence electrons. The van der Waals surface area contributed by atoms with Crippen LogP contribution in [0.25, 0.3) is 11.3 Å². The predicted molar refractivity (Wildman–Crippen MR) is 55.9 cm³/mol. The van der Waals surface area contributed by atoms with Crippen LogP contribution in [0.4, 0.5) is 0 Å². The highest BCUT2D eigenvalue weighted by molar-refractivity contribution is 5.60. The summed E-state index contributed by atoms with van der Waals surface area (Å²) in [5.41, 5.74) is 3.28. The monoisotopic (exact) mass is 187 g/mol. The number of pyridine rings is 1.